The molecule has 5 heteroatoms. The number of hydrogen-bond donors (Lipinski definition) is 2. The Bertz CT molecular complexity index is 403. The fourth-order valence-electron chi connectivity index (χ4n) is 2.33. The second kappa shape index (κ2) is 6.00. The van der Waals surface area contributed by atoms with Crippen LogP contribution in [0.1, 0.15) is 31.0 Å². The van der Waals surface area contributed by atoms with E-state index in [1.807, 2.05) is 20.0 Å². The summed E-state index contributed by atoms with van der Waals surface area (Å²) in [4.78, 5) is 11.9. The number of carbonyl (C=O) groups is 1. The monoisotopic (exact) mass is 251 g/mol. The number of amides is 1. The lowest BCUT2D eigenvalue weighted by atomic mass is 10.0. The summed E-state index contributed by atoms with van der Waals surface area (Å²) >= 11 is 0. The van der Waals surface area contributed by atoms with Crippen molar-refractivity contribution >= 4 is 5.91 Å². The predicted molar refractivity (Wildman–Crippen MR) is 68.2 cm³/mol. The molecular weight excluding hydrogens is 230 g/mol. The van der Waals surface area contributed by atoms with E-state index < -0.39 is 0 Å². The first kappa shape index (κ1) is 13.1. The van der Waals surface area contributed by atoms with Crippen molar-refractivity contribution in [3.05, 3.63) is 17.5 Å². The van der Waals surface area contributed by atoms with E-state index in [0.717, 1.165) is 25.0 Å². The molecule has 0 aliphatic carbocycles. The molecule has 2 atom stereocenters. The van der Waals surface area contributed by atoms with Crippen LogP contribution in [0.15, 0.2) is 6.20 Å². The van der Waals surface area contributed by atoms with Gasteiger partial charge < -0.3 is 10.1 Å². The van der Waals surface area contributed by atoms with Gasteiger partial charge in [0.15, 0.2) is 0 Å². The molecule has 1 aliphatic rings. The molecule has 1 amide bonds. The summed E-state index contributed by atoms with van der Waals surface area (Å²) in [7, 11) is 0. The molecule has 0 saturated carbocycles. The van der Waals surface area contributed by atoms with Gasteiger partial charge in [0.25, 0.3) is 0 Å². The van der Waals surface area contributed by atoms with Gasteiger partial charge >= 0.3 is 0 Å². The highest BCUT2D eigenvalue weighted by molar-refractivity contribution is 5.79. The Labute approximate surface area is 107 Å². The Morgan fingerprint density at radius 1 is 1.67 bits per heavy atom. The van der Waals surface area contributed by atoms with Gasteiger partial charge in [-0.05, 0) is 38.7 Å². The average molecular weight is 251 g/mol. The van der Waals surface area contributed by atoms with Gasteiger partial charge in [0.05, 0.1) is 18.2 Å². The molecule has 1 aromatic heterocycles. The van der Waals surface area contributed by atoms with Gasteiger partial charge in [-0.1, -0.05) is 0 Å². The van der Waals surface area contributed by atoms with E-state index in [9.17, 15) is 4.79 Å². The second-order valence-corrected chi connectivity index (χ2v) is 4.89. The standard InChI is InChI=1S/C13H21N3O2/c1-9-11(8-15-16-9)4-3-6-14-13(17)12-5-7-18-10(12)2/h8,10,12H,3-7H2,1-2H3,(H,14,17)(H,15,16). The maximum Gasteiger partial charge on any atom is 0.225 e. The zero-order valence-corrected chi connectivity index (χ0v) is 11.0. The largest absolute Gasteiger partial charge is 0.378 e. The van der Waals surface area contributed by atoms with E-state index in [0.29, 0.717) is 13.2 Å². The van der Waals surface area contributed by atoms with E-state index in [2.05, 4.69) is 15.5 Å². The van der Waals surface area contributed by atoms with Crippen molar-refractivity contribution in [2.24, 2.45) is 5.92 Å². The fourth-order valence-corrected chi connectivity index (χ4v) is 2.33. The fraction of sp³-hybridized carbons (Fsp3) is 0.692. The van der Waals surface area contributed by atoms with E-state index in [4.69, 9.17) is 4.74 Å². The third-order valence-corrected chi connectivity index (χ3v) is 3.57. The Kier molecular flexibility index (Phi) is 4.36. The molecule has 1 saturated heterocycles. The Hall–Kier alpha value is -1.36. The summed E-state index contributed by atoms with van der Waals surface area (Å²) in [5.74, 6) is 0.157. The summed E-state index contributed by atoms with van der Waals surface area (Å²) in [6.07, 6.45) is 4.63. The first-order chi connectivity index (χ1) is 8.68. The second-order valence-electron chi connectivity index (χ2n) is 4.89. The first-order valence-electron chi connectivity index (χ1n) is 6.56. The maximum atomic E-state index is 11.9. The number of nitrogens with zero attached hydrogens (tertiary/aromatic N) is 1. The molecule has 2 N–H and O–H groups in total. The molecule has 1 aliphatic heterocycles. The Morgan fingerprint density at radius 3 is 3.11 bits per heavy atom. The molecule has 0 spiro atoms. The van der Waals surface area contributed by atoms with Crippen LogP contribution in [0, 0.1) is 12.8 Å². The quantitative estimate of drug-likeness (QED) is 0.773. The van der Waals surface area contributed by atoms with Crippen LogP contribution < -0.4 is 5.32 Å². The lowest BCUT2D eigenvalue weighted by molar-refractivity contribution is -0.126. The minimum absolute atomic E-state index is 0.0284. The molecule has 0 bridgehead atoms. The number of H-pyrrole nitrogens is 1. The highest BCUT2D eigenvalue weighted by Gasteiger charge is 2.30. The Morgan fingerprint density at radius 2 is 2.50 bits per heavy atom. The van der Waals surface area contributed by atoms with Crippen LogP contribution in [-0.2, 0) is 16.0 Å². The van der Waals surface area contributed by atoms with Gasteiger partial charge in [0.1, 0.15) is 0 Å². The smallest absolute Gasteiger partial charge is 0.225 e. The summed E-state index contributed by atoms with van der Waals surface area (Å²) < 4.78 is 5.39. The van der Waals surface area contributed by atoms with E-state index in [-0.39, 0.29) is 17.9 Å². The van der Waals surface area contributed by atoms with E-state index in [1.165, 1.54) is 5.56 Å². The summed E-state index contributed by atoms with van der Waals surface area (Å²) in [6.45, 7) is 5.39. The summed E-state index contributed by atoms with van der Waals surface area (Å²) in [5.41, 5.74) is 2.33. The zero-order chi connectivity index (χ0) is 13.0. The highest BCUT2D eigenvalue weighted by Crippen LogP contribution is 2.20. The van der Waals surface area contributed by atoms with Crippen molar-refractivity contribution in [2.75, 3.05) is 13.2 Å². The molecule has 2 rings (SSSR count). The van der Waals surface area contributed by atoms with Crippen molar-refractivity contribution < 1.29 is 9.53 Å². The number of hydrogen-bond acceptors (Lipinski definition) is 3. The van der Waals surface area contributed by atoms with Gasteiger partial charge in [-0.2, -0.15) is 5.10 Å². The minimum atomic E-state index is 0.0284. The molecule has 0 aromatic carbocycles. The van der Waals surface area contributed by atoms with Crippen molar-refractivity contribution in [3.8, 4) is 0 Å². The Balaban J connectivity index is 1.66. The summed E-state index contributed by atoms with van der Waals surface area (Å²) in [6, 6.07) is 0. The number of rotatable bonds is 5. The molecule has 2 heterocycles. The molecule has 0 radical (unpaired) electrons. The molecule has 1 fully saturated rings. The van der Waals surface area contributed by atoms with Gasteiger partial charge in [-0.3, -0.25) is 9.89 Å². The number of ether oxygens (including phenoxy) is 1. The first-order valence-corrected chi connectivity index (χ1v) is 6.56. The van der Waals surface area contributed by atoms with Gasteiger partial charge in [-0.15, -0.1) is 0 Å². The molecule has 5 nitrogen and oxygen atoms in total. The van der Waals surface area contributed by atoms with Gasteiger partial charge in [-0.25, -0.2) is 0 Å². The third-order valence-electron chi connectivity index (χ3n) is 3.57. The third kappa shape index (κ3) is 3.10. The van der Waals surface area contributed by atoms with Gasteiger partial charge in [0, 0.05) is 18.8 Å². The van der Waals surface area contributed by atoms with Crippen LogP contribution in [0.5, 0.6) is 0 Å². The van der Waals surface area contributed by atoms with Gasteiger partial charge in [0.2, 0.25) is 5.91 Å². The van der Waals surface area contributed by atoms with Crippen LogP contribution >= 0.6 is 0 Å². The molecule has 1 aromatic rings. The predicted octanol–water partition coefficient (Wildman–Crippen LogP) is 1.19. The normalized spacial score (nSPS) is 23.2. The van der Waals surface area contributed by atoms with Crippen LogP contribution in [0.4, 0.5) is 0 Å². The topological polar surface area (TPSA) is 67.0 Å². The van der Waals surface area contributed by atoms with Crippen molar-refractivity contribution in [1.29, 1.82) is 0 Å². The molecule has 100 valence electrons. The lowest BCUT2D eigenvalue weighted by Gasteiger charge is -2.13. The van der Waals surface area contributed by atoms with E-state index >= 15 is 0 Å². The highest BCUT2D eigenvalue weighted by atomic mass is 16.5. The van der Waals surface area contributed by atoms with Crippen LogP contribution in [0.3, 0.4) is 0 Å². The van der Waals surface area contributed by atoms with Crippen molar-refractivity contribution in [1.82, 2.24) is 15.5 Å². The lowest BCUT2D eigenvalue weighted by Crippen LogP contribution is -2.34. The zero-order valence-electron chi connectivity index (χ0n) is 11.0. The number of aromatic nitrogens is 2. The molecule has 2 unspecified atom stereocenters. The minimum Gasteiger partial charge on any atom is -0.378 e. The number of aromatic amines is 1. The maximum absolute atomic E-state index is 11.9. The molecule has 18 heavy (non-hydrogen) atoms. The van der Waals surface area contributed by atoms with Crippen LogP contribution in [-0.4, -0.2) is 35.4 Å². The summed E-state index contributed by atoms with van der Waals surface area (Å²) in [5, 5.41) is 9.88. The number of aryl methyl sites for hydroxylation is 2. The number of nitrogens with one attached hydrogen (secondary N) is 2. The molecular formula is C13H21N3O2. The SMILES string of the molecule is Cc1[nH]ncc1CCCNC(=O)C1CCOC1C. The number of carbonyl (C=O) groups excluding carboxylic acids is 1. The average Bonchev–Trinajstić information content (AvgIpc) is 2.94. The van der Waals surface area contributed by atoms with E-state index in [1.54, 1.807) is 0 Å². The van der Waals surface area contributed by atoms with Crippen LogP contribution in [0.25, 0.3) is 0 Å². The van der Waals surface area contributed by atoms with Crippen molar-refractivity contribution in [3.63, 3.8) is 0 Å². The van der Waals surface area contributed by atoms with Crippen molar-refractivity contribution in [2.45, 2.75) is 39.2 Å². The van der Waals surface area contributed by atoms with Crippen LogP contribution in [0.2, 0.25) is 0 Å².